The summed E-state index contributed by atoms with van der Waals surface area (Å²) >= 11 is 0. The summed E-state index contributed by atoms with van der Waals surface area (Å²) < 4.78 is 11.6. The smallest absolute Gasteiger partial charge is 0.409 e. The lowest BCUT2D eigenvalue weighted by atomic mass is 10.1. The van der Waals surface area contributed by atoms with E-state index in [2.05, 4.69) is 35.3 Å². The van der Waals surface area contributed by atoms with Gasteiger partial charge in [0, 0.05) is 49.2 Å². The number of furan rings is 1. The molecule has 1 aliphatic rings. The molecule has 39 heavy (non-hydrogen) atoms. The lowest BCUT2D eigenvalue weighted by molar-refractivity contribution is 0.0737. The molecule has 3 aromatic carbocycles. The number of fused-ring (bicyclic) bond motifs is 1. The van der Waals surface area contributed by atoms with Crippen molar-refractivity contribution in [3.05, 3.63) is 89.5 Å². The Morgan fingerprint density at radius 3 is 2.56 bits per heavy atom. The first-order valence-corrected chi connectivity index (χ1v) is 13.6. The summed E-state index contributed by atoms with van der Waals surface area (Å²) in [5.41, 5.74) is 5.15. The van der Waals surface area contributed by atoms with Crippen molar-refractivity contribution in [1.29, 1.82) is 0 Å². The van der Waals surface area contributed by atoms with Gasteiger partial charge in [-0.2, -0.15) is 0 Å². The third-order valence-electron chi connectivity index (χ3n) is 7.07. The Labute approximate surface area is 229 Å². The van der Waals surface area contributed by atoms with E-state index in [1.54, 1.807) is 4.90 Å². The number of anilines is 1. The maximum absolute atomic E-state index is 12.9. The van der Waals surface area contributed by atoms with Crippen molar-refractivity contribution >= 4 is 28.7 Å². The van der Waals surface area contributed by atoms with Crippen LogP contribution in [0, 0.1) is 6.92 Å². The molecule has 2 heterocycles. The maximum atomic E-state index is 12.9. The molecule has 1 N–H and O–H groups in total. The Hall–Kier alpha value is -4.10. The van der Waals surface area contributed by atoms with Gasteiger partial charge in [-0.3, -0.25) is 9.69 Å². The Balaban J connectivity index is 1.25. The van der Waals surface area contributed by atoms with Crippen molar-refractivity contribution in [1.82, 2.24) is 9.80 Å². The van der Waals surface area contributed by atoms with E-state index < -0.39 is 0 Å². The SMILES string of the molecule is CCCCOC(=O)N1CCN(Cc2ccc3cc(-c4ccccc4NC(=O)c4cccc(C)c4)oc3c2)CC1. The number of benzene rings is 3. The number of carbonyl (C=O) groups is 2. The maximum Gasteiger partial charge on any atom is 0.409 e. The molecular formula is C32H35N3O4. The molecule has 4 aromatic rings. The second-order valence-corrected chi connectivity index (χ2v) is 10.1. The predicted molar refractivity (Wildman–Crippen MR) is 154 cm³/mol. The second-order valence-electron chi connectivity index (χ2n) is 10.1. The molecule has 0 saturated carbocycles. The average molecular weight is 526 g/mol. The topological polar surface area (TPSA) is 75.0 Å². The number of nitrogens with one attached hydrogen (secondary N) is 1. The molecule has 7 heteroatoms. The molecule has 0 bridgehead atoms. The van der Waals surface area contributed by atoms with Gasteiger partial charge in [-0.05, 0) is 55.3 Å². The van der Waals surface area contributed by atoms with Crippen LogP contribution >= 0.6 is 0 Å². The van der Waals surface area contributed by atoms with E-state index in [0.717, 1.165) is 60.1 Å². The summed E-state index contributed by atoms with van der Waals surface area (Å²) in [6.07, 6.45) is 1.71. The van der Waals surface area contributed by atoms with Crippen LogP contribution in [0.2, 0.25) is 0 Å². The third kappa shape index (κ3) is 6.49. The highest BCUT2D eigenvalue weighted by molar-refractivity contribution is 6.06. The Morgan fingerprint density at radius 1 is 0.949 bits per heavy atom. The van der Waals surface area contributed by atoms with Crippen molar-refractivity contribution in [2.45, 2.75) is 33.2 Å². The molecule has 2 amide bonds. The number of rotatable bonds is 8. The predicted octanol–water partition coefficient (Wildman–Crippen LogP) is 6.71. The van der Waals surface area contributed by atoms with Crippen molar-refractivity contribution in [2.75, 3.05) is 38.1 Å². The summed E-state index contributed by atoms with van der Waals surface area (Å²) in [6, 6.07) is 23.5. The Bertz CT molecular complexity index is 1450. The molecule has 0 radical (unpaired) electrons. The fraction of sp³-hybridized carbons (Fsp3) is 0.312. The van der Waals surface area contributed by atoms with Gasteiger partial charge in [-0.25, -0.2) is 4.79 Å². The number of nitrogens with zero attached hydrogens (tertiary/aromatic N) is 2. The summed E-state index contributed by atoms with van der Waals surface area (Å²) in [6.45, 7) is 8.28. The monoisotopic (exact) mass is 525 g/mol. The second kappa shape index (κ2) is 12.2. The van der Waals surface area contributed by atoms with Crippen molar-refractivity contribution in [2.24, 2.45) is 0 Å². The van der Waals surface area contributed by atoms with E-state index in [9.17, 15) is 9.59 Å². The van der Waals surface area contributed by atoms with Crippen LogP contribution in [0.4, 0.5) is 10.5 Å². The van der Waals surface area contributed by atoms with E-state index in [4.69, 9.17) is 9.15 Å². The summed E-state index contributed by atoms with van der Waals surface area (Å²) in [5.74, 6) is 0.552. The van der Waals surface area contributed by atoms with Crippen LogP contribution in [0.3, 0.4) is 0 Å². The number of hydrogen-bond donors (Lipinski definition) is 1. The largest absolute Gasteiger partial charge is 0.456 e. The van der Waals surface area contributed by atoms with Crippen LogP contribution in [0.25, 0.3) is 22.3 Å². The van der Waals surface area contributed by atoms with Gasteiger partial charge in [0.2, 0.25) is 0 Å². The number of aryl methyl sites for hydroxylation is 1. The number of para-hydroxylation sites is 1. The highest BCUT2D eigenvalue weighted by Gasteiger charge is 2.22. The quantitative estimate of drug-likeness (QED) is 0.259. The molecule has 0 atom stereocenters. The van der Waals surface area contributed by atoms with E-state index in [1.165, 1.54) is 0 Å². The summed E-state index contributed by atoms with van der Waals surface area (Å²) in [7, 11) is 0. The molecule has 7 nitrogen and oxygen atoms in total. The first-order chi connectivity index (χ1) is 19.0. The molecule has 0 aliphatic carbocycles. The van der Waals surface area contributed by atoms with Gasteiger partial charge in [0.15, 0.2) is 0 Å². The number of carbonyl (C=O) groups excluding carboxylic acids is 2. The van der Waals surface area contributed by atoms with Gasteiger partial charge in [0.1, 0.15) is 11.3 Å². The van der Waals surface area contributed by atoms with E-state index in [-0.39, 0.29) is 12.0 Å². The molecule has 1 aromatic heterocycles. The average Bonchev–Trinajstić information content (AvgIpc) is 3.37. The number of ether oxygens (including phenoxy) is 1. The van der Waals surface area contributed by atoms with Gasteiger partial charge in [0.25, 0.3) is 5.91 Å². The Kier molecular flexibility index (Phi) is 8.27. The van der Waals surface area contributed by atoms with E-state index >= 15 is 0 Å². The normalized spacial score (nSPS) is 13.9. The van der Waals surface area contributed by atoms with Crippen LogP contribution < -0.4 is 5.32 Å². The first-order valence-electron chi connectivity index (χ1n) is 13.6. The minimum atomic E-state index is -0.206. The molecule has 202 valence electrons. The minimum absolute atomic E-state index is 0.154. The molecule has 1 fully saturated rings. The summed E-state index contributed by atoms with van der Waals surface area (Å²) in [4.78, 5) is 29.3. The molecule has 0 spiro atoms. The Morgan fingerprint density at radius 2 is 1.77 bits per heavy atom. The summed E-state index contributed by atoms with van der Waals surface area (Å²) in [5, 5.41) is 4.05. The van der Waals surface area contributed by atoms with Crippen molar-refractivity contribution in [3.8, 4) is 11.3 Å². The number of piperazine rings is 1. The van der Waals surface area contributed by atoms with Crippen molar-refractivity contribution < 1.29 is 18.7 Å². The van der Waals surface area contributed by atoms with Crippen LogP contribution in [-0.4, -0.2) is 54.6 Å². The van der Waals surface area contributed by atoms with Crippen molar-refractivity contribution in [3.63, 3.8) is 0 Å². The highest BCUT2D eigenvalue weighted by atomic mass is 16.6. The van der Waals surface area contributed by atoms with Gasteiger partial charge in [0.05, 0.1) is 12.3 Å². The van der Waals surface area contributed by atoms with Crippen LogP contribution in [0.15, 0.2) is 77.2 Å². The zero-order chi connectivity index (χ0) is 27.2. The number of amides is 2. The lowest BCUT2D eigenvalue weighted by Gasteiger charge is -2.34. The van der Waals surface area contributed by atoms with Gasteiger partial charge < -0.3 is 19.4 Å². The van der Waals surface area contributed by atoms with E-state index in [1.807, 2.05) is 61.5 Å². The zero-order valence-electron chi connectivity index (χ0n) is 22.6. The van der Waals surface area contributed by atoms with Gasteiger partial charge in [-0.1, -0.05) is 55.3 Å². The highest BCUT2D eigenvalue weighted by Crippen LogP contribution is 2.33. The first kappa shape index (κ1) is 26.5. The third-order valence-corrected chi connectivity index (χ3v) is 7.07. The fourth-order valence-electron chi connectivity index (χ4n) is 4.84. The van der Waals surface area contributed by atoms with Gasteiger partial charge in [-0.15, -0.1) is 0 Å². The van der Waals surface area contributed by atoms with Gasteiger partial charge >= 0.3 is 6.09 Å². The fourth-order valence-corrected chi connectivity index (χ4v) is 4.84. The van der Waals surface area contributed by atoms with Crippen LogP contribution in [-0.2, 0) is 11.3 Å². The molecule has 5 rings (SSSR count). The molecular weight excluding hydrogens is 490 g/mol. The van der Waals surface area contributed by atoms with Crippen LogP contribution in [0.5, 0.6) is 0 Å². The molecule has 1 aliphatic heterocycles. The van der Waals surface area contributed by atoms with Crippen LogP contribution in [0.1, 0.15) is 41.3 Å². The standard InChI is InChI=1S/C32H35N3O4/c1-3-4-18-38-32(37)35-16-14-34(15-17-35)22-24-12-13-25-21-30(39-29(25)20-24)27-10-5-6-11-28(27)33-31(36)26-9-7-8-23(2)19-26/h5-13,19-21H,3-4,14-18,22H2,1-2H3,(H,33,36). The number of hydrogen-bond acceptors (Lipinski definition) is 5. The minimum Gasteiger partial charge on any atom is -0.456 e. The van der Waals surface area contributed by atoms with E-state index in [0.29, 0.717) is 36.7 Å². The number of unbranched alkanes of at least 4 members (excludes halogenated alkanes) is 1. The molecule has 0 unspecified atom stereocenters. The zero-order valence-corrected chi connectivity index (χ0v) is 22.6. The lowest BCUT2D eigenvalue weighted by Crippen LogP contribution is -2.48. The molecule has 1 saturated heterocycles.